The van der Waals surface area contributed by atoms with Crippen LogP contribution < -0.4 is 4.74 Å². The Morgan fingerprint density at radius 2 is 1.88 bits per heavy atom. The molecule has 0 spiro atoms. The fourth-order valence-corrected chi connectivity index (χ4v) is 2.58. The maximum atomic E-state index is 12.2. The average molecular weight is 333 g/mol. The monoisotopic (exact) mass is 333 g/mol. The molecule has 1 aliphatic heterocycles. The molecule has 25 heavy (non-hydrogen) atoms. The Bertz CT molecular complexity index is 928. The fraction of sp³-hybridized carbons (Fsp3) is 0.100. The van der Waals surface area contributed by atoms with E-state index in [0.29, 0.717) is 17.0 Å². The zero-order chi connectivity index (χ0) is 17.1. The first kappa shape index (κ1) is 15.2. The Balaban J connectivity index is 1.42. The van der Waals surface area contributed by atoms with E-state index in [2.05, 4.69) is 5.16 Å². The van der Waals surface area contributed by atoms with E-state index in [0.717, 1.165) is 16.9 Å². The summed E-state index contributed by atoms with van der Waals surface area (Å²) in [7, 11) is 0. The van der Waals surface area contributed by atoms with Crippen molar-refractivity contribution >= 4 is 12.0 Å². The molecule has 0 unspecified atom stereocenters. The molecule has 5 heteroatoms. The number of para-hydroxylation sites is 1. The number of hydrogen-bond donors (Lipinski definition) is 0. The van der Waals surface area contributed by atoms with Gasteiger partial charge in [0.05, 0.1) is 5.57 Å². The maximum absolute atomic E-state index is 12.2. The molecule has 124 valence electrons. The highest BCUT2D eigenvalue weighted by molar-refractivity contribution is 5.95. The lowest BCUT2D eigenvalue weighted by molar-refractivity contribution is -0.140. The molecule has 0 amide bonds. The summed E-state index contributed by atoms with van der Waals surface area (Å²) in [4.78, 5) is 12.2. The molecule has 0 aliphatic carbocycles. The fourth-order valence-electron chi connectivity index (χ4n) is 2.58. The summed E-state index contributed by atoms with van der Waals surface area (Å²) in [5.74, 6) is 0.989. The predicted octanol–water partition coefficient (Wildman–Crippen LogP) is 3.86. The summed E-state index contributed by atoms with van der Waals surface area (Å²) < 4.78 is 16.2. The second-order valence-electron chi connectivity index (χ2n) is 5.62. The highest BCUT2D eigenvalue weighted by Gasteiger charge is 2.18. The first-order valence-corrected chi connectivity index (χ1v) is 7.90. The number of esters is 1. The maximum Gasteiger partial charge on any atom is 0.337 e. The number of hydrogen-bond acceptors (Lipinski definition) is 5. The number of ether oxygens (including phenoxy) is 2. The quantitative estimate of drug-likeness (QED) is 0.679. The molecular formula is C20H15NO4. The van der Waals surface area contributed by atoms with E-state index in [1.54, 1.807) is 12.1 Å². The molecule has 0 bridgehead atoms. The second-order valence-corrected chi connectivity index (χ2v) is 5.62. The highest BCUT2D eigenvalue weighted by Crippen LogP contribution is 2.26. The van der Waals surface area contributed by atoms with Crippen LogP contribution in [0.2, 0.25) is 0 Å². The van der Waals surface area contributed by atoms with Crippen LogP contribution in [-0.2, 0) is 16.1 Å². The summed E-state index contributed by atoms with van der Waals surface area (Å²) in [6.45, 7) is 0.248. The van der Waals surface area contributed by atoms with Crippen LogP contribution >= 0.6 is 0 Å². The third-order valence-corrected chi connectivity index (χ3v) is 3.86. The third-order valence-electron chi connectivity index (χ3n) is 3.86. The Hall–Kier alpha value is -3.34. The minimum atomic E-state index is -0.418. The number of nitrogens with zero attached hydrogens (tertiary/aromatic N) is 1. The van der Waals surface area contributed by atoms with Gasteiger partial charge in [-0.1, -0.05) is 53.7 Å². The lowest BCUT2D eigenvalue weighted by Crippen LogP contribution is -2.17. The number of carbonyl (C=O) groups excluding carboxylic acids is 1. The van der Waals surface area contributed by atoms with Crippen molar-refractivity contribution in [1.82, 2.24) is 5.16 Å². The minimum Gasteiger partial charge on any atom is -0.488 e. The standard InChI is InChI=1S/C20H15NO4/c22-20(16-10-15-8-4-5-9-18(15)23-12-16)24-13-17-11-19(25-21-17)14-6-2-1-3-7-14/h1-11H,12-13H2. The number of carbonyl (C=O) groups is 1. The SMILES string of the molecule is O=C(OCc1cc(-c2ccccc2)on1)C1=Cc2ccccc2OC1. The molecule has 3 aromatic rings. The van der Waals surface area contributed by atoms with Crippen molar-refractivity contribution in [3.05, 3.63) is 77.5 Å². The van der Waals surface area contributed by atoms with Crippen molar-refractivity contribution in [1.29, 1.82) is 0 Å². The molecule has 0 atom stereocenters. The van der Waals surface area contributed by atoms with E-state index < -0.39 is 5.97 Å². The molecular weight excluding hydrogens is 318 g/mol. The molecule has 2 heterocycles. The summed E-state index contributed by atoms with van der Waals surface area (Å²) in [6.07, 6.45) is 1.79. The lowest BCUT2D eigenvalue weighted by atomic mass is 10.1. The molecule has 0 N–H and O–H groups in total. The van der Waals surface area contributed by atoms with Crippen molar-refractivity contribution < 1.29 is 18.8 Å². The van der Waals surface area contributed by atoms with Crippen molar-refractivity contribution in [2.45, 2.75) is 6.61 Å². The van der Waals surface area contributed by atoms with Gasteiger partial charge in [-0.25, -0.2) is 4.79 Å². The van der Waals surface area contributed by atoms with Crippen LogP contribution in [0.15, 0.2) is 70.8 Å². The smallest absolute Gasteiger partial charge is 0.337 e. The minimum absolute atomic E-state index is 0.0498. The van der Waals surface area contributed by atoms with Crippen LogP contribution in [-0.4, -0.2) is 17.7 Å². The molecule has 1 aromatic heterocycles. The second kappa shape index (κ2) is 6.65. The van der Waals surface area contributed by atoms with Crippen LogP contribution in [0.4, 0.5) is 0 Å². The molecule has 1 aliphatic rings. The van der Waals surface area contributed by atoms with Gasteiger partial charge in [0.2, 0.25) is 0 Å². The molecule has 0 radical (unpaired) electrons. The van der Waals surface area contributed by atoms with Gasteiger partial charge in [-0.15, -0.1) is 0 Å². The van der Waals surface area contributed by atoms with Gasteiger partial charge in [-0.2, -0.15) is 0 Å². The van der Waals surface area contributed by atoms with E-state index >= 15 is 0 Å². The summed E-state index contributed by atoms with van der Waals surface area (Å²) in [5, 5.41) is 3.94. The lowest BCUT2D eigenvalue weighted by Gasteiger charge is -2.16. The number of rotatable bonds is 4. The van der Waals surface area contributed by atoms with Gasteiger partial charge in [-0.05, 0) is 12.1 Å². The van der Waals surface area contributed by atoms with Gasteiger partial charge in [-0.3, -0.25) is 0 Å². The van der Waals surface area contributed by atoms with Gasteiger partial charge in [0.15, 0.2) is 5.76 Å². The van der Waals surface area contributed by atoms with E-state index in [-0.39, 0.29) is 13.2 Å². The van der Waals surface area contributed by atoms with Crippen LogP contribution in [0, 0.1) is 0 Å². The number of fused-ring (bicyclic) bond motifs is 1. The zero-order valence-electron chi connectivity index (χ0n) is 13.3. The number of benzene rings is 2. The van der Waals surface area contributed by atoms with Crippen molar-refractivity contribution in [2.24, 2.45) is 0 Å². The van der Waals surface area contributed by atoms with Crippen LogP contribution in [0.5, 0.6) is 5.75 Å². The highest BCUT2D eigenvalue weighted by atomic mass is 16.5. The molecule has 2 aromatic carbocycles. The Morgan fingerprint density at radius 3 is 2.76 bits per heavy atom. The van der Waals surface area contributed by atoms with Gasteiger partial charge in [0.25, 0.3) is 0 Å². The largest absolute Gasteiger partial charge is 0.488 e. The molecule has 0 fully saturated rings. The molecule has 5 nitrogen and oxygen atoms in total. The van der Waals surface area contributed by atoms with E-state index in [9.17, 15) is 4.79 Å². The van der Waals surface area contributed by atoms with Gasteiger partial charge in [0.1, 0.15) is 24.7 Å². The number of aromatic nitrogens is 1. The Labute approximate surface area is 144 Å². The van der Waals surface area contributed by atoms with Gasteiger partial charge in [0, 0.05) is 17.2 Å². The van der Waals surface area contributed by atoms with E-state index in [4.69, 9.17) is 14.0 Å². The molecule has 4 rings (SSSR count). The van der Waals surface area contributed by atoms with Crippen molar-refractivity contribution in [2.75, 3.05) is 6.61 Å². The van der Waals surface area contributed by atoms with Crippen LogP contribution in [0.3, 0.4) is 0 Å². The van der Waals surface area contributed by atoms with E-state index in [1.165, 1.54) is 0 Å². The van der Waals surface area contributed by atoms with Crippen molar-refractivity contribution in [3.63, 3.8) is 0 Å². The van der Waals surface area contributed by atoms with Crippen LogP contribution in [0.1, 0.15) is 11.3 Å². The molecule has 0 saturated carbocycles. The topological polar surface area (TPSA) is 61.6 Å². The summed E-state index contributed by atoms with van der Waals surface area (Å²) in [5.41, 5.74) is 2.83. The van der Waals surface area contributed by atoms with Gasteiger partial charge >= 0.3 is 5.97 Å². The average Bonchev–Trinajstić information content (AvgIpc) is 3.15. The first-order chi connectivity index (χ1) is 12.3. The summed E-state index contributed by atoms with van der Waals surface area (Å²) in [6, 6.07) is 19.0. The van der Waals surface area contributed by atoms with Crippen molar-refractivity contribution in [3.8, 4) is 17.1 Å². The Kier molecular flexibility index (Phi) is 4.04. The summed E-state index contributed by atoms with van der Waals surface area (Å²) >= 11 is 0. The van der Waals surface area contributed by atoms with Gasteiger partial charge < -0.3 is 14.0 Å². The Morgan fingerprint density at radius 1 is 1.08 bits per heavy atom. The molecule has 0 saturated heterocycles. The first-order valence-electron chi connectivity index (χ1n) is 7.90. The third kappa shape index (κ3) is 3.30. The zero-order valence-corrected chi connectivity index (χ0v) is 13.3. The van der Waals surface area contributed by atoms with Crippen LogP contribution in [0.25, 0.3) is 17.4 Å². The normalized spacial score (nSPS) is 12.7. The predicted molar refractivity (Wildman–Crippen MR) is 91.6 cm³/mol. The van der Waals surface area contributed by atoms with E-state index in [1.807, 2.05) is 54.6 Å².